The third kappa shape index (κ3) is 4.38. The first-order chi connectivity index (χ1) is 13.1. The predicted octanol–water partition coefficient (Wildman–Crippen LogP) is 6.12. The van der Waals surface area contributed by atoms with Crippen molar-refractivity contribution in [3.63, 3.8) is 0 Å². The van der Waals surface area contributed by atoms with Crippen molar-refractivity contribution < 1.29 is 13.5 Å². The van der Waals surface area contributed by atoms with E-state index in [1.54, 1.807) is 42.5 Å². The molecule has 0 bridgehead atoms. The Balaban J connectivity index is 1.92. The van der Waals surface area contributed by atoms with Gasteiger partial charge in [-0.1, -0.05) is 50.5 Å². The quantitative estimate of drug-likeness (QED) is 0.450. The smallest absolute Gasteiger partial charge is 0.346 e. The number of benzene rings is 2. The van der Waals surface area contributed by atoms with E-state index in [1.807, 2.05) is 6.92 Å². The highest BCUT2D eigenvalue weighted by molar-refractivity contribution is 5.87. The van der Waals surface area contributed by atoms with Crippen LogP contribution in [0.25, 0.3) is 21.9 Å². The van der Waals surface area contributed by atoms with Crippen molar-refractivity contribution in [3.05, 3.63) is 64.5 Å². The highest BCUT2D eigenvalue weighted by atomic mass is 19.1. The van der Waals surface area contributed by atoms with Crippen molar-refractivity contribution in [2.75, 3.05) is 6.61 Å². The Kier molecular flexibility index (Phi) is 6.28. The molecule has 0 saturated carbocycles. The number of unbranched alkanes of at least 4 members (excludes halogenated alkanes) is 3. The van der Waals surface area contributed by atoms with Gasteiger partial charge in [0.1, 0.15) is 22.7 Å². The Labute approximate surface area is 158 Å². The lowest BCUT2D eigenvalue weighted by Gasteiger charge is -2.09. The van der Waals surface area contributed by atoms with Crippen LogP contribution >= 0.6 is 0 Å². The summed E-state index contributed by atoms with van der Waals surface area (Å²) >= 11 is 0. The van der Waals surface area contributed by atoms with E-state index in [1.165, 1.54) is 0 Å². The topological polar surface area (TPSA) is 39.4 Å². The standard InChI is InChI=1S/C23H25FO3/c1-3-5-6-7-8-19-15-17-11-14-20(22(24)21(17)23(25)27-19)16-9-12-18(13-10-16)26-4-2/h9-15H,3-8H2,1-2H3. The molecule has 4 heteroatoms. The molecule has 3 aromatic rings. The minimum Gasteiger partial charge on any atom is -0.494 e. The molecule has 142 valence electrons. The number of halogens is 1. The Morgan fingerprint density at radius 1 is 1.00 bits per heavy atom. The van der Waals surface area contributed by atoms with E-state index in [2.05, 4.69) is 6.92 Å². The molecule has 0 aliphatic carbocycles. The van der Waals surface area contributed by atoms with Crippen LogP contribution in [0.1, 0.15) is 45.3 Å². The van der Waals surface area contributed by atoms with Crippen LogP contribution in [0, 0.1) is 5.82 Å². The van der Waals surface area contributed by atoms with E-state index < -0.39 is 11.4 Å². The summed E-state index contributed by atoms with van der Waals surface area (Å²) in [5.74, 6) is 0.814. The number of rotatable bonds is 8. The minimum atomic E-state index is -0.608. The summed E-state index contributed by atoms with van der Waals surface area (Å²) in [7, 11) is 0. The molecule has 0 spiro atoms. The number of hydrogen-bond acceptors (Lipinski definition) is 3. The van der Waals surface area contributed by atoms with Crippen molar-refractivity contribution in [2.24, 2.45) is 0 Å². The zero-order valence-corrected chi connectivity index (χ0v) is 15.9. The fourth-order valence-corrected chi connectivity index (χ4v) is 3.26. The van der Waals surface area contributed by atoms with Gasteiger partial charge in [-0.05, 0) is 42.5 Å². The van der Waals surface area contributed by atoms with Gasteiger partial charge in [0.25, 0.3) is 0 Å². The second-order valence-electron chi connectivity index (χ2n) is 6.66. The van der Waals surface area contributed by atoms with Gasteiger partial charge in [0.2, 0.25) is 0 Å². The molecule has 0 unspecified atom stereocenters. The van der Waals surface area contributed by atoms with Crippen LogP contribution in [0.4, 0.5) is 4.39 Å². The molecular weight excluding hydrogens is 343 g/mol. The van der Waals surface area contributed by atoms with Gasteiger partial charge in [-0.15, -0.1) is 0 Å². The summed E-state index contributed by atoms with van der Waals surface area (Å²) in [5, 5.41) is 0.600. The van der Waals surface area contributed by atoms with Gasteiger partial charge in [-0.3, -0.25) is 0 Å². The van der Waals surface area contributed by atoms with Crippen molar-refractivity contribution in [2.45, 2.75) is 46.0 Å². The van der Waals surface area contributed by atoms with Gasteiger partial charge in [0.15, 0.2) is 0 Å². The summed E-state index contributed by atoms with van der Waals surface area (Å²) in [4.78, 5) is 12.4. The number of hydrogen-bond donors (Lipinski definition) is 0. The molecule has 0 fully saturated rings. The Bertz CT molecular complexity index is 958. The molecule has 0 atom stereocenters. The molecule has 0 N–H and O–H groups in total. The van der Waals surface area contributed by atoms with Gasteiger partial charge in [0.05, 0.1) is 6.61 Å². The van der Waals surface area contributed by atoms with Gasteiger partial charge in [-0.2, -0.15) is 0 Å². The van der Waals surface area contributed by atoms with Crippen LogP contribution in [-0.2, 0) is 6.42 Å². The van der Waals surface area contributed by atoms with Crippen molar-refractivity contribution in [1.82, 2.24) is 0 Å². The monoisotopic (exact) mass is 368 g/mol. The summed E-state index contributed by atoms with van der Waals surface area (Å²) in [5.41, 5.74) is 0.470. The van der Waals surface area contributed by atoms with E-state index in [0.717, 1.165) is 31.4 Å². The number of aryl methyl sites for hydroxylation is 1. The first-order valence-corrected chi connectivity index (χ1v) is 9.62. The minimum absolute atomic E-state index is 0.0127. The summed E-state index contributed by atoms with van der Waals surface area (Å²) in [6.07, 6.45) is 5.09. The maximum Gasteiger partial charge on any atom is 0.346 e. The average molecular weight is 368 g/mol. The van der Waals surface area contributed by atoms with Gasteiger partial charge < -0.3 is 9.15 Å². The molecule has 3 rings (SSSR count). The van der Waals surface area contributed by atoms with E-state index in [0.29, 0.717) is 35.3 Å². The van der Waals surface area contributed by atoms with Crippen LogP contribution in [0.3, 0.4) is 0 Å². The van der Waals surface area contributed by atoms with Crippen LogP contribution in [0.2, 0.25) is 0 Å². The van der Waals surface area contributed by atoms with Gasteiger partial charge in [-0.25, -0.2) is 9.18 Å². The zero-order chi connectivity index (χ0) is 19.2. The van der Waals surface area contributed by atoms with E-state index >= 15 is 4.39 Å². The van der Waals surface area contributed by atoms with Crippen LogP contribution in [0.5, 0.6) is 5.75 Å². The Hall–Kier alpha value is -2.62. The summed E-state index contributed by atoms with van der Waals surface area (Å²) in [6.45, 7) is 4.64. The van der Waals surface area contributed by atoms with Gasteiger partial charge >= 0.3 is 5.63 Å². The SMILES string of the molecule is CCCCCCc1cc2ccc(-c3ccc(OCC)cc3)c(F)c2c(=O)o1. The van der Waals surface area contributed by atoms with Crippen LogP contribution in [0.15, 0.2) is 51.7 Å². The Morgan fingerprint density at radius 2 is 1.78 bits per heavy atom. The third-order valence-electron chi connectivity index (χ3n) is 4.67. The largest absolute Gasteiger partial charge is 0.494 e. The molecule has 0 saturated heterocycles. The number of fused-ring (bicyclic) bond motifs is 1. The first-order valence-electron chi connectivity index (χ1n) is 9.62. The van der Waals surface area contributed by atoms with Crippen molar-refractivity contribution in [1.29, 1.82) is 0 Å². The van der Waals surface area contributed by atoms with Gasteiger partial charge in [0, 0.05) is 12.0 Å². The molecule has 27 heavy (non-hydrogen) atoms. The van der Waals surface area contributed by atoms with Crippen molar-refractivity contribution in [3.8, 4) is 16.9 Å². The third-order valence-corrected chi connectivity index (χ3v) is 4.67. The van der Waals surface area contributed by atoms with E-state index in [9.17, 15) is 4.79 Å². The molecule has 1 heterocycles. The molecule has 2 aromatic carbocycles. The fourth-order valence-electron chi connectivity index (χ4n) is 3.26. The second-order valence-corrected chi connectivity index (χ2v) is 6.66. The lowest BCUT2D eigenvalue weighted by molar-refractivity contribution is 0.340. The van der Waals surface area contributed by atoms with Crippen LogP contribution in [-0.4, -0.2) is 6.61 Å². The lowest BCUT2D eigenvalue weighted by atomic mass is 10.0. The molecular formula is C23H25FO3. The van der Waals surface area contributed by atoms with E-state index in [-0.39, 0.29) is 5.39 Å². The summed E-state index contributed by atoms with van der Waals surface area (Å²) in [6, 6.07) is 12.5. The average Bonchev–Trinajstić information content (AvgIpc) is 2.66. The maximum absolute atomic E-state index is 15.1. The van der Waals surface area contributed by atoms with E-state index in [4.69, 9.17) is 9.15 Å². The highest BCUT2D eigenvalue weighted by Gasteiger charge is 2.15. The molecule has 0 aliphatic heterocycles. The lowest BCUT2D eigenvalue weighted by Crippen LogP contribution is -2.05. The molecule has 0 amide bonds. The summed E-state index contributed by atoms with van der Waals surface area (Å²) < 4.78 is 25.9. The fraction of sp³-hybridized carbons (Fsp3) is 0.348. The van der Waals surface area contributed by atoms with Crippen molar-refractivity contribution >= 4 is 10.8 Å². The predicted molar refractivity (Wildman–Crippen MR) is 107 cm³/mol. The number of ether oxygens (including phenoxy) is 1. The Morgan fingerprint density at radius 3 is 2.48 bits per heavy atom. The normalized spacial score (nSPS) is 11.1. The molecule has 1 aromatic heterocycles. The maximum atomic E-state index is 15.1. The molecule has 0 radical (unpaired) electrons. The highest BCUT2D eigenvalue weighted by Crippen LogP contribution is 2.29. The molecule has 0 aliphatic rings. The second kappa shape index (κ2) is 8.85. The molecule has 3 nitrogen and oxygen atoms in total. The first kappa shape index (κ1) is 19.2. The van der Waals surface area contributed by atoms with Crippen LogP contribution < -0.4 is 10.4 Å². The zero-order valence-electron chi connectivity index (χ0n) is 15.9.